The average Bonchev–Trinajstić information content (AvgIpc) is 2.38. The maximum Gasteiger partial charge on any atom is 0.225 e. The van der Waals surface area contributed by atoms with Crippen molar-refractivity contribution in [2.24, 2.45) is 0 Å². The first-order valence-electron chi connectivity index (χ1n) is 6.06. The van der Waals surface area contributed by atoms with Gasteiger partial charge in [-0.05, 0) is 23.8 Å². The van der Waals surface area contributed by atoms with Crippen molar-refractivity contribution in [1.29, 1.82) is 0 Å². The minimum atomic E-state index is -0.863. The van der Waals surface area contributed by atoms with Gasteiger partial charge in [-0.1, -0.05) is 23.2 Å². The first-order chi connectivity index (χ1) is 9.06. The Kier molecular flexibility index (Phi) is 5.39. The fourth-order valence-corrected chi connectivity index (χ4v) is 3.44. The van der Waals surface area contributed by atoms with Crippen molar-refractivity contribution in [1.82, 2.24) is 4.90 Å². The van der Waals surface area contributed by atoms with Gasteiger partial charge in [0.15, 0.2) is 0 Å². The number of hydrogen-bond donors (Lipinski definition) is 1. The fraction of sp³-hybridized carbons (Fsp3) is 0.462. The van der Waals surface area contributed by atoms with Crippen LogP contribution in [0.1, 0.15) is 18.1 Å². The summed E-state index contributed by atoms with van der Waals surface area (Å²) in [6, 6.07) is 4.87. The number of nitrogens with zero attached hydrogens (tertiary/aromatic N) is 1. The summed E-state index contributed by atoms with van der Waals surface area (Å²) in [5.41, 5.74) is 0.581. The number of carbonyl (C=O) groups is 1. The highest BCUT2D eigenvalue weighted by molar-refractivity contribution is 7.99. The topological polar surface area (TPSA) is 40.5 Å². The van der Waals surface area contributed by atoms with Gasteiger partial charge < -0.3 is 10.0 Å². The van der Waals surface area contributed by atoms with Crippen LogP contribution < -0.4 is 0 Å². The van der Waals surface area contributed by atoms with Gasteiger partial charge in [0, 0.05) is 34.6 Å². The molecule has 0 aromatic heterocycles. The molecule has 1 aromatic carbocycles. The highest BCUT2D eigenvalue weighted by Crippen LogP contribution is 2.26. The largest absolute Gasteiger partial charge is 0.388 e. The summed E-state index contributed by atoms with van der Waals surface area (Å²) >= 11 is 13.6. The van der Waals surface area contributed by atoms with Crippen molar-refractivity contribution in [3.05, 3.63) is 33.8 Å². The van der Waals surface area contributed by atoms with E-state index < -0.39 is 6.10 Å². The van der Waals surface area contributed by atoms with Gasteiger partial charge in [-0.3, -0.25) is 4.79 Å². The third-order valence-corrected chi connectivity index (χ3v) is 4.38. The molecule has 1 aromatic rings. The van der Waals surface area contributed by atoms with Gasteiger partial charge in [-0.15, -0.1) is 0 Å². The van der Waals surface area contributed by atoms with Crippen LogP contribution in [0.15, 0.2) is 18.2 Å². The molecule has 1 unspecified atom stereocenters. The number of halogens is 2. The smallest absolute Gasteiger partial charge is 0.225 e. The van der Waals surface area contributed by atoms with Gasteiger partial charge in [-0.2, -0.15) is 11.8 Å². The van der Waals surface area contributed by atoms with Crippen LogP contribution in [-0.2, 0) is 4.79 Å². The summed E-state index contributed by atoms with van der Waals surface area (Å²) < 4.78 is 0. The molecule has 1 saturated heterocycles. The van der Waals surface area contributed by atoms with E-state index in [0.29, 0.717) is 15.6 Å². The molecule has 1 N–H and O–H groups in total. The third kappa shape index (κ3) is 4.28. The minimum Gasteiger partial charge on any atom is -0.388 e. The fourth-order valence-electron chi connectivity index (χ4n) is 1.99. The van der Waals surface area contributed by atoms with Crippen LogP contribution in [0.2, 0.25) is 10.0 Å². The summed E-state index contributed by atoms with van der Waals surface area (Å²) in [5.74, 6) is 1.90. The molecule has 1 heterocycles. The number of benzene rings is 1. The zero-order valence-electron chi connectivity index (χ0n) is 10.3. The normalized spacial score (nSPS) is 17.3. The predicted molar refractivity (Wildman–Crippen MR) is 79.9 cm³/mol. The molecular weight excluding hydrogens is 305 g/mol. The average molecular weight is 320 g/mol. The Balaban J connectivity index is 1.99. The lowest BCUT2D eigenvalue weighted by Gasteiger charge is -2.27. The lowest BCUT2D eigenvalue weighted by molar-refractivity contribution is -0.132. The second kappa shape index (κ2) is 6.84. The molecule has 1 atom stereocenters. The molecule has 0 bridgehead atoms. The molecule has 1 aliphatic rings. The number of aliphatic hydroxyl groups excluding tert-OH is 1. The Bertz CT molecular complexity index is 444. The van der Waals surface area contributed by atoms with Crippen LogP contribution in [0, 0.1) is 0 Å². The first-order valence-corrected chi connectivity index (χ1v) is 7.97. The number of hydrogen-bond acceptors (Lipinski definition) is 3. The minimum absolute atomic E-state index is 0.0242. The molecule has 2 rings (SSSR count). The zero-order valence-corrected chi connectivity index (χ0v) is 12.6. The molecule has 0 aliphatic carbocycles. The van der Waals surface area contributed by atoms with Gasteiger partial charge >= 0.3 is 0 Å². The molecule has 0 saturated carbocycles. The van der Waals surface area contributed by atoms with E-state index in [-0.39, 0.29) is 12.3 Å². The lowest BCUT2D eigenvalue weighted by Crippen LogP contribution is -2.38. The van der Waals surface area contributed by atoms with E-state index in [1.54, 1.807) is 23.1 Å². The van der Waals surface area contributed by atoms with Crippen LogP contribution in [0.5, 0.6) is 0 Å². The van der Waals surface area contributed by atoms with Crippen molar-refractivity contribution in [3.8, 4) is 0 Å². The van der Waals surface area contributed by atoms with Crippen molar-refractivity contribution in [3.63, 3.8) is 0 Å². The van der Waals surface area contributed by atoms with Crippen molar-refractivity contribution in [2.45, 2.75) is 12.5 Å². The van der Waals surface area contributed by atoms with Crippen LogP contribution >= 0.6 is 35.0 Å². The van der Waals surface area contributed by atoms with Gasteiger partial charge in [0.05, 0.1) is 12.5 Å². The van der Waals surface area contributed by atoms with E-state index >= 15 is 0 Å². The van der Waals surface area contributed by atoms with Crippen LogP contribution in [0.25, 0.3) is 0 Å². The molecule has 1 fully saturated rings. The molecule has 3 nitrogen and oxygen atoms in total. The molecule has 19 heavy (non-hydrogen) atoms. The van der Waals surface area contributed by atoms with E-state index in [1.165, 1.54) is 0 Å². The predicted octanol–water partition coefficient (Wildman–Crippen LogP) is 2.99. The molecular formula is C13H15Cl2NO2S. The van der Waals surface area contributed by atoms with E-state index in [9.17, 15) is 9.90 Å². The Morgan fingerprint density at radius 1 is 1.26 bits per heavy atom. The highest BCUT2D eigenvalue weighted by Gasteiger charge is 2.21. The summed E-state index contributed by atoms with van der Waals surface area (Å²) in [4.78, 5) is 13.8. The van der Waals surface area contributed by atoms with Crippen LogP contribution in [0.4, 0.5) is 0 Å². The quantitative estimate of drug-likeness (QED) is 0.931. The maximum absolute atomic E-state index is 12.0. The second-order valence-electron chi connectivity index (χ2n) is 4.42. The van der Waals surface area contributed by atoms with E-state index in [1.807, 2.05) is 11.8 Å². The molecule has 0 radical (unpaired) electrons. The Morgan fingerprint density at radius 3 is 2.42 bits per heavy atom. The van der Waals surface area contributed by atoms with Crippen molar-refractivity contribution >= 4 is 40.9 Å². The molecule has 6 heteroatoms. The SMILES string of the molecule is O=C(CC(O)c1cc(Cl)cc(Cl)c1)N1CCSCC1. The summed E-state index contributed by atoms with van der Waals surface area (Å²) in [6.45, 7) is 1.51. The highest BCUT2D eigenvalue weighted by atomic mass is 35.5. The number of carbonyl (C=O) groups excluding carboxylic acids is 1. The van der Waals surface area contributed by atoms with Gasteiger partial charge in [0.25, 0.3) is 0 Å². The molecule has 1 amide bonds. The van der Waals surface area contributed by atoms with Gasteiger partial charge in [0.2, 0.25) is 5.91 Å². The van der Waals surface area contributed by atoms with E-state index in [2.05, 4.69) is 0 Å². The molecule has 104 valence electrons. The third-order valence-electron chi connectivity index (χ3n) is 3.00. The summed E-state index contributed by atoms with van der Waals surface area (Å²) in [7, 11) is 0. The van der Waals surface area contributed by atoms with Crippen molar-refractivity contribution in [2.75, 3.05) is 24.6 Å². The Morgan fingerprint density at radius 2 is 1.84 bits per heavy atom. The number of amides is 1. The first kappa shape index (κ1) is 15.0. The molecule has 1 aliphatic heterocycles. The number of rotatable bonds is 3. The Hall–Kier alpha value is -0.420. The molecule has 0 spiro atoms. The van der Waals surface area contributed by atoms with Crippen LogP contribution in [-0.4, -0.2) is 40.5 Å². The maximum atomic E-state index is 12.0. The van der Waals surface area contributed by atoms with E-state index in [0.717, 1.165) is 24.6 Å². The lowest BCUT2D eigenvalue weighted by atomic mass is 10.1. The Labute approximate surface area is 126 Å². The monoisotopic (exact) mass is 319 g/mol. The van der Waals surface area contributed by atoms with E-state index in [4.69, 9.17) is 23.2 Å². The zero-order chi connectivity index (χ0) is 13.8. The summed E-state index contributed by atoms with van der Waals surface area (Å²) in [5, 5.41) is 11.0. The van der Waals surface area contributed by atoms with Crippen LogP contribution in [0.3, 0.4) is 0 Å². The van der Waals surface area contributed by atoms with Gasteiger partial charge in [-0.25, -0.2) is 0 Å². The number of aliphatic hydroxyl groups is 1. The van der Waals surface area contributed by atoms with Gasteiger partial charge in [0.1, 0.15) is 0 Å². The van der Waals surface area contributed by atoms with Crippen molar-refractivity contribution < 1.29 is 9.90 Å². The number of thioether (sulfide) groups is 1. The standard InChI is InChI=1S/C13H15Cl2NO2S/c14-10-5-9(6-11(15)7-10)12(17)8-13(18)16-1-3-19-4-2-16/h5-7,12,17H,1-4,8H2. The second-order valence-corrected chi connectivity index (χ2v) is 6.51. The summed E-state index contributed by atoms with van der Waals surface area (Å²) in [6.07, 6.45) is -0.792.